The van der Waals surface area contributed by atoms with Gasteiger partial charge in [0.2, 0.25) is 0 Å². The number of aromatic hydroxyl groups is 1. The van der Waals surface area contributed by atoms with Gasteiger partial charge in [-0.3, -0.25) is 4.39 Å². The first-order chi connectivity index (χ1) is 13.8. The Balaban J connectivity index is 2.31. The van der Waals surface area contributed by atoms with Crippen molar-refractivity contribution in [3.63, 3.8) is 0 Å². The number of phenols is 1. The van der Waals surface area contributed by atoms with Gasteiger partial charge < -0.3 is 14.6 Å². The average molecular weight is 412 g/mol. The fraction of sp³-hybridized carbons (Fsp3) is 0.286. The zero-order chi connectivity index (χ0) is 21.4. The van der Waals surface area contributed by atoms with E-state index >= 15 is 0 Å². The highest BCUT2D eigenvalue weighted by Gasteiger charge is 2.29. The Morgan fingerprint density at radius 2 is 1.79 bits per heavy atom. The molecule has 2 aromatic carbocycles. The number of rotatable bonds is 8. The van der Waals surface area contributed by atoms with Crippen LogP contribution in [0.4, 0.5) is 17.6 Å². The van der Waals surface area contributed by atoms with Gasteiger partial charge in [0.15, 0.2) is 0 Å². The maximum absolute atomic E-state index is 12.7. The van der Waals surface area contributed by atoms with Gasteiger partial charge in [0.05, 0.1) is 26.0 Å². The van der Waals surface area contributed by atoms with Crippen molar-refractivity contribution in [1.82, 2.24) is 0 Å². The maximum Gasteiger partial charge on any atom is 0.416 e. The molecular formula is C21H20F4O4. The van der Waals surface area contributed by atoms with Gasteiger partial charge in [0.25, 0.3) is 0 Å². The molecule has 156 valence electrons. The molecule has 8 heteroatoms. The van der Waals surface area contributed by atoms with Crippen molar-refractivity contribution in [1.29, 1.82) is 0 Å². The topological polar surface area (TPSA) is 55.8 Å². The van der Waals surface area contributed by atoms with Gasteiger partial charge in [0.1, 0.15) is 17.1 Å². The molecule has 0 aromatic heterocycles. The quantitative estimate of drug-likeness (QED) is 0.269. The van der Waals surface area contributed by atoms with Crippen molar-refractivity contribution in [2.24, 2.45) is 0 Å². The highest BCUT2D eigenvalue weighted by molar-refractivity contribution is 5.98. The number of unbranched alkanes of at least 4 members (excludes halogenated alkanes) is 1. The van der Waals surface area contributed by atoms with Crippen LogP contribution in [0.3, 0.4) is 0 Å². The van der Waals surface area contributed by atoms with Crippen LogP contribution in [-0.4, -0.2) is 31.5 Å². The first-order valence-corrected chi connectivity index (χ1v) is 8.75. The summed E-state index contributed by atoms with van der Waals surface area (Å²) in [6.45, 7) is -0.236. The van der Waals surface area contributed by atoms with Crippen LogP contribution in [0.25, 0.3) is 12.2 Å². The summed E-state index contributed by atoms with van der Waals surface area (Å²) in [6.07, 6.45) is -0.656. The minimum atomic E-state index is -4.43. The van der Waals surface area contributed by atoms with E-state index in [0.29, 0.717) is 18.4 Å². The molecule has 1 N–H and O–H groups in total. The number of alkyl halides is 4. The van der Waals surface area contributed by atoms with Crippen LogP contribution in [0.15, 0.2) is 36.4 Å². The number of hydrogen-bond acceptors (Lipinski definition) is 4. The Morgan fingerprint density at radius 3 is 2.38 bits per heavy atom. The number of ether oxygens (including phenoxy) is 2. The molecule has 0 spiro atoms. The second-order valence-corrected chi connectivity index (χ2v) is 6.10. The smallest absolute Gasteiger partial charge is 0.416 e. The largest absolute Gasteiger partial charge is 0.507 e. The molecule has 0 saturated carbocycles. The summed E-state index contributed by atoms with van der Waals surface area (Å²) in [5.74, 6) is -0.883. The van der Waals surface area contributed by atoms with Gasteiger partial charge in [-0.25, -0.2) is 4.79 Å². The fourth-order valence-electron chi connectivity index (χ4n) is 2.52. The zero-order valence-electron chi connectivity index (χ0n) is 15.6. The highest BCUT2D eigenvalue weighted by Crippen LogP contribution is 2.31. The predicted molar refractivity (Wildman–Crippen MR) is 101 cm³/mol. The summed E-state index contributed by atoms with van der Waals surface area (Å²) in [7, 11) is 1.16. The van der Waals surface area contributed by atoms with Gasteiger partial charge in [0, 0.05) is 6.07 Å². The molecule has 0 radical (unpaired) electrons. The number of halogens is 4. The number of esters is 1. The molecule has 0 amide bonds. The first kappa shape index (κ1) is 22.3. The molecule has 0 unspecified atom stereocenters. The summed E-state index contributed by atoms with van der Waals surface area (Å²) in [4.78, 5) is 12.0. The molecule has 0 saturated heterocycles. The molecule has 4 nitrogen and oxygen atoms in total. The van der Waals surface area contributed by atoms with Crippen molar-refractivity contribution in [2.75, 3.05) is 20.4 Å². The molecule has 29 heavy (non-hydrogen) atoms. The average Bonchev–Trinajstić information content (AvgIpc) is 2.68. The van der Waals surface area contributed by atoms with E-state index in [-0.39, 0.29) is 29.2 Å². The van der Waals surface area contributed by atoms with E-state index in [9.17, 15) is 27.5 Å². The fourth-order valence-corrected chi connectivity index (χ4v) is 2.52. The maximum atomic E-state index is 12.7. The van der Waals surface area contributed by atoms with Gasteiger partial charge in [-0.15, -0.1) is 0 Å². The second kappa shape index (κ2) is 9.95. The molecular weight excluding hydrogens is 392 g/mol. The van der Waals surface area contributed by atoms with E-state index in [4.69, 9.17) is 4.74 Å². The van der Waals surface area contributed by atoms with Crippen LogP contribution >= 0.6 is 0 Å². The van der Waals surface area contributed by atoms with Crippen LogP contribution in [0.1, 0.15) is 39.9 Å². The Kier molecular flexibility index (Phi) is 7.64. The Morgan fingerprint density at radius 1 is 1.10 bits per heavy atom. The van der Waals surface area contributed by atoms with E-state index in [0.717, 1.165) is 19.2 Å². The lowest BCUT2D eigenvalue weighted by molar-refractivity contribution is -0.137. The molecule has 0 bridgehead atoms. The molecule has 2 rings (SSSR count). The SMILES string of the molecule is COC(=O)c1c(O)cc(OCCCCF)cc1C=Cc1ccc(C(F)(F)F)cc1. The number of phenolic OH excluding ortho intramolecular Hbond substituents is 1. The summed E-state index contributed by atoms with van der Waals surface area (Å²) in [6, 6.07) is 7.20. The third kappa shape index (κ3) is 6.23. The molecule has 2 aromatic rings. The Labute approximate surface area is 165 Å². The van der Waals surface area contributed by atoms with E-state index in [2.05, 4.69) is 4.74 Å². The predicted octanol–water partition coefficient (Wildman–Crippen LogP) is 5.50. The van der Waals surface area contributed by atoms with Crippen molar-refractivity contribution < 1.29 is 36.9 Å². The lowest BCUT2D eigenvalue weighted by Gasteiger charge is -2.11. The highest BCUT2D eigenvalue weighted by atomic mass is 19.4. The van der Waals surface area contributed by atoms with Gasteiger partial charge >= 0.3 is 12.1 Å². The van der Waals surface area contributed by atoms with Gasteiger partial charge in [-0.05, 0) is 42.2 Å². The summed E-state index contributed by atoms with van der Waals surface area (Å²) in [5.41, 5.74) is -0.155. The van der Waals surface area contributed by atoms with Crippen molar-refractivity contribution >= 4 is 18.1 Å². The van der Waals surface area contributed by atoms with Gasteiger partial charge in [-0.2, -0.15) is 13.2 Å². The molecule has 0 aliphatic carbocycles. The Bertz CT molecular complexity index is 858. The molecule has 0 fully saturated rings. The third-order valence-corrected chi connectivity index (χ3v) is 4.00. The van der Waals surface area contributed by atoms with E-state index in [1.54, 1.807) is 0 Å². The number of hydrogen-bond donors (Lipinski definition) is 1. The molecule has 0 atom stereocenters. The number of benzene rings is 2. The number of carbonyl (C=O) groups is 1. The molecule has 0 heterocycles. The van der Waals surface area contributed by atoms with Crippen LogP contribution in [0.2, 0.25) is 0 Å². The molecule has 0 aliphatic rings. The van der Waals surface area contributed by atoms with E-state index in [1.165, 1.54) is 36.4 Å². The van der Waals surface area contributed by atoms with Crippen LogP contribution in [-0.2, 0) is 10.9 Å². The Hall–Kier alpha value is -3.03. The van der Waals surface area contributed by atoms with Gasteiger partial charge in [-0.1, -0.05) is 24.3 Å². The van der Waals surface area contributed by atoms with Crippen molar-refractivity contribution in [2.45, 2.75) is 19.0 Å². The summed E-state index contributed by atoms with van der Waals surface area (Å²) in [5, 5.41) is 10.2. The second-order valence-electron chi connectivity index (χ2n) is 6.10. The minimum Gasteiger partial charge on any atom is -0.507 e. The lowest BCUT2D eigenvalue weighted by Crippen LogP contribution is -2.06. The van der Waals surface area contributed by atoms with Crippen LogP contribution in [0.5, 0.6) is 11.5 Å². The number of methoxy groups -OCH3 is 1. The first-order valence-electron chi connectivity index (χ1n) is 8.75. The summed E-state index contributed by atoms with van der Waals surface area (Å²) >= 11 is 0. The normalized spacial score (nSPS) is 11.6. The van der Waals surface area contributed by atoms with Crippen molar-refractivity contribution in [3.8, 4) is 11.5 Å². The van der Waals surface area contributed by atoms with Crippen LogP contribution < -0.4 is 4.74 Å². The van der Waals surface area contributed by atoms with Crippen LogP contribution in [0, 0.1) is 0 Å². The minimum absolute atomic E-state index is 0.105. The lowest BCUT2D eigenvalue weighted by atomic mass is 10.0. The molecule has 0 aliphatic heterocycles. The van der Waals surface area contributed by atoms with E-state index < -0.39 is 24.4 Å². The van der Waals surface area contributed by atoms with E-state index in [1.807, 2.05) is 0 Å². The van der Waals surface area contributed by atoms with Crippen molar-refractivity contribution in [3.05, 3.63) is 58.7 Å². The number of carbonyl (C=O) groups excluding carboxylic acids is 1. The monoisotopic (exact) mass is 412 g/mol. The zero-order valence-corrected chi connectivity index (χ0v) is 15.6. The third-order valence-electron chi connectivity index (χ3n) is 4.00. The standard InChI is InChI=1S/C21H20F4O4/c1-28-20(27)19-15(12-17(13-18(19)26)29-11-3-2-10-22)7-4-14-5-8-16(9-6-14)21(23,24)25/h4-9,12-13,26H,2-3,10-11H2,1H3. The summed E-state index contributed by atoms with van der Waals surface area (Å²) < 4.78 is 60.3.